The van der Waals surface area contributed by atoms with Crippen molar-refractivity contribution in [1.82, 2.24) is 4.90 Å². The van der Waals surface area contributed by atoms with E-state index in [1.807, 2.05) is 12.1 Å². The van der Waals surface area contributed by atoms with Crippen LogP contribution in [0.1, 0.15) is 38.3 Å². The quantitative estimate of drug-likeness (QED) is 0.840. The molecule has 2 rings (SSSR count). The molecule has 0 radical (unpaired) electrons. The van der Waals surface area contributed by atoms with Crippen LogP contribution in [-0.4, -0.2) is 31.3 Å². The van der Waals surface area contributed by atoms with Crippen molar-refractivity contribution in [3.63, 3.8) is 0 Å². The van der Waals surface area contributed by atoms with Gasteiger partial charge in [0.05, 0.1) is 5.02 Å². The Bertz CT molecular complexity index is 448. The fourth-order valence-electron chi connectivity index (χ4n) is 2.67. The molecule has 0 fully saturated rings. The fourth-order valence-corrected chi connectivity index (χ4v) is 2.95. The van der Waals surface area contributed by atoms with Crippen LogP contribution in [0.15, 0.2) is 12.1 Å². The third-order valence-corrected chi connectivity index (χ3v) is 3.80. The molecule has 0 spiro atoms. The average Bonchev–Trinajstić information content (AvgIpc) is 2.89. The lowest BCUT2D eigenvalue weighted by Crippen LogP contribution is -2.35. The number of halogens is 1. The van der Waals surface area contributed by atoms with Crippen molar-refractivity contribution in [2.45, 2.75) is 32.7 Å². The van der Waals surface area contributed by atoms with Gasteiger partial charge in [0.25, 0.3) is 0 Å². The predicted molar refractivity (Wildman–Crippen MR) is 81.5 cm³/mol. The minimum atomic E-state index is 0.168. The first kappa shape index (κ1) is 15.4. The SMILES string of the molecule is CCCN(CCC)C(CN)c1cc(Cl)c2c(c1)OCO2. The Morgan fingerprint density at radius 2 is 1.95 bits per heavy atom. The molecule has 0 aliphatic carbocycles. The lowest BCUT2D eigenvalue weighted by atomic mass is 10.0. The molecule has 1 aliphatic rings. The molecule has 112 valence electrons. The molecule has 1 heterocycles. The maximum Gasteiger partial charge on any atom is 0.231 e. The zero-order valence-electron chi connectivity index (χ0n) is 12.2. The fraction of sp³-hybridized carbons (Fsp3) is 0.600. The van der Waals surface area contributed by atoms with Crippen LogP contribution < -0.4 is 15.2 Å². The third-order valence-electron chi connectivity index (χ3n) is 3.52. The van der Waals surface area contributed by atoms with Gasteiger partial charge >= 0.3 is 0 Å². The van der Waals surface area contributed by atoms with Crippen LogP contribution in [0, 0.1) is 0 Å². The topological polar surface area (TPSA) is 47.7 Å². The summed E-state index contributed by atoms with van der Waals surface area (Å²) >= 11 is 6.27. The van der Waals surface area contributed by atoms with Crippen LogP contribution in [0.5, 0.6) is 11.5 Å². The first-order valence-corrected chi connectivity index (χ1v) is 7.62. The Morgan fingerprint density at radius 1 is 1.25 bits per heavy atom. The highest BCUT2D eigenvalue weighted by atomic mass is 35.5. The Balaban J connectivity index is 2.28. The Kier molecular flexibility index (Phi) is 5.52. The van der Waals surface area contributed by atoms with Crippen molar-refractivity contribution in [3.8, 4) is 11.5 Å². The van der Waals surface area contributed by atoms with Crippen molar-refractivity contribution in [3.05, 3.63) is 22.7 Å². The zero-order chi connectivity index (χ0) is 14.5. The zero-order valence-corrected chi connectivity index (χ0v) is 12.9. The highest BCUT2D eigenvalue weighted by Crippen LogP contribution is 2.41. The normalized spacial score (nSPS) is 14.8. The number of nitrogens with two attached hydrogens (primary N) is 1. The van der Waals surface area contributed by atoms with E-state index in [9.17, 15) is 0 Å². The smallest absolute Gasteiger partial charge is 0.231 e. The van der Waals surface area contributed by atoms with Crippen LogP contribution in [-0.2, 0) is 0 Å². The van der Waals surface area contributed by atoms with E-state index in [2.05, 4.69) is 18.7 Å². The van der Waals surface area contributed by atoms with E-state index in [4.69, 9.17) is 26.8 Å². The molecule has 4 nitrogen and oxygen atoms in total. The van der Waals surface area contributed by atoms with Crippen molar-refractivity contribution in [2.24, 2.45) is 5.73 Å². The van der Waals surface area contributed by atoms with Crippen LogP contribution in [0.25, 0.3) is 0 Å². The highest BCUT2D eigenvalue weighted by Gasteiger charge is 2.24. The minimum Gasteiger partial charge on any atom is -0.454 e. The lowest BCUT2D eigenvalue weighted by Gasteiger charge is -2.31. The van der Waals surface area contributed by atoms with Gasteiger partial charge < -0.3 is 15.2 Å². The van der Waals surface area contributed by atoms with Gasteiger partial charge in [-0.15, -0.1) is 0 Å². The molecule has 1 aromatic rings. The summed E-state index contributed by atoms with van der Waals surface area (Å²) < 4.78 is 10.8. The molecule has 1 aliphatic heterocycles. The van der Waals surface area contributed by atoms with Gasteiger partial charge in [-0.2, -0.15) is 0 Å². The summed E-state index contributed by atoms with van der Waals surface area (Å²) in [5, 5.41) is 0.599. The number of fused-ring (bicyclic) bond motifs is 1. The summed E-state index contributed by atoms with van der Waals surface area (Å²) in [6, 6.07) is 4.12. The third kappa shape index (κ3) is 3.19. The molecule has 0 saturated carbocycles. The van der Waals surface area contributed by atoms with Crippen molar-refractivity contribution < 1.29 is 9.47 Å². The maximum atomic E-state index is 6.27. The summed E-state index contributed by atoms with van der Waals surface area (Å²) in [5.74, 6) is 1.36. The summed E-state index contributed by atoms with van der Waals surface area (Å²) in [5.41, 5.74) is 7.11. The van der Waals surface area contributed by atoms with Gasteiger partial charge in [0.2, 0.25) is 6.79 Å². The molecule has 0 aromatic heterocycles. The van der Waals surface area contributed by atoms with Gasteiger partial charge in [0.1, 0.15) is 0 Å². The molecule has 0 bridgehead atoms. The summed E-state index contributed by atoms with van der Waals surface area (Å²) in [6.07, 6.45) is 2.21. The summed E-state index contributed by atoms with van der Waals surface area (Å²) in [4.78, 5) is 2.41. The second kappa shape index (κ2) is 7.16. The molecule has 0 saturated heterocycles. The van der Waals surface area contributed by atoms with Crippen LogP contribution in [0.2, 0.25) is 5.02 Å². The molecule has 2 N–H and O–H groups in total. The second-order valence-electron chi connectivity index (χ2n) is 5.02. The maximum absolute atomic E-state index is 6.27. The van der Waals surface area contributed by atoms with Gasteiger partial charge in [-0.05, 0) is 43.6 Å². The highest BCUT2D eigenvalue weighted by molar-refractivity contribution is 6.32. The number of nitrogens with zero attached hydrogens (tertiary/aromatic N) is 1. The number of hydrogen-bond acceptors (Lipinski definition) is 4. The molecule has 20 heavy (non-hydrogen) atoms. The molecular formula is C15H23ClN2O2. The van der Waals surface area contributed by atoms with E-state index < -0.39 is 0 Å². The van der Waals surface area contributed by atoms with E-state index in [-0.39, 0.29) is 12.8 Å². The number of rotatable bonds is 7. The first-order chi connectivity index (χ1) is 9.71. The van der Waals surface area contributed by atoms with E-state index >= 15 is 0 Å². The van der Waals surface area contributed by atoms with Crippen LogP contribution in [0.3, 0.4) is 0 Å². The van der Waals surface area contributed by atoms with Gasteiger partial charge in [-0.1, -0.05) is 25.4 Å². The number of ether oxygens (including phenoxy) is 2. The number of benzene rings is 1. The summed E-state index contributed by atoms with van der Waals surface area (Å²) in [6.45, 7) is 7.23. The van der Waals surface area contributed by atoms with E-state index in [0.717, 1.165) is 37.2 Å². The van der Waals surface area contributed by atoms with Gasteiger partial charge in [0, 0.05) is 12.6 Å². The first-order valence-electron chi connectivity index (χ1n) is 7.24. The van der Waals surface area contributed by atoms with Crippen LogP contribution in [0.4, 0.5) is 0 Å². The molecule has 0 amide bonds. The van der Waals surface area contributed by atoms with Gasteiger partial charge in [-0.3, -0.25) is 4.90 Å². The van der Waals surface area contributed by atoms with Crippen molar-refractivity contribution in [1.29, 1.82) is 0 Å². The van der Waals surface area contributed by atoms with Gasteiger partial charge in [0.15, 0.2) is 11.5 Å². The molecule has 1 unspecified atom stereocenters. The summed E-state index contributed by atoms with van der Waals surface area (Å²) in [7, 11) is 0. The predicted octanol–water partition coefficient (Wildman–Crippen LogP) is 3.19. The molecule has 1 atom stereocenters. The Morgan fingerprint density at radius 3 is 2.55 bits per heavy atom. The number of hydrogen-bond donors (Lipinski definition) is 1. The standard InChI is InChI=1S/C15H23ClN2O2/c1-3-5-18(6-4-2)13(9-17)11-7-12(16)15-14(8-11)19-10-20-15/h7-8,13H,3-6,9-10,17H2,1-2H3. The van der Waals surface area contributed by atoms with E-state index in [0.29, 0.717) is 17.3 Å². The Labute approximate surface area is 125 Å². The van der Waals surface area contributed by atoms with Crippen molar-refractivity contribution in [2.75, 3.05) is 26.4 Å². The van der Waals surface area contributed by atoms with Gasteiger partial charge in [-0.25, -0.2) is 0 Å². The minimum absolute atomic E-state index is 0.168. The molecule has 1 aromatic carbocycles. The second-order valence-corrected chi connectivity index (χ2v) is 5.43. The lowest BCUT2D eigenvalue weighted by molar-refractivity contribution is 0.173. The van der Waals surface area contributed by atoms with Crippen molar-refractivity contribution >= 4 is 11.6 Å². The van der Waals surface area contributed by atoms with E-state index in [1.54, 1.807) is 0 Å². The molecule has 5 heteroatoms. The van der Waals surface area contributed by atoms with E-state index in [1.165, 1.54) is 0 Å². The Hall–Kier alpha value is -0.970. The largest absolute Gasteiger partial charge is 0.454 e. The average molecular weight is 299 g/mol. The molecular weight excluding hydrogens is 276 g/mol. The monoisotopic (exact) mass is 298 g/mol. The van der Waals surface area contributed by atoms with Crippen LogP contribution >= 0.6 is 11.6 Å².